The van der Waals surface area contributed by atoms with Crippen LogP contribution in [-0.2, 0) is 5.41 Å². The lowest BCUT2D eigenvalue weighted by Gasteiger charge is -2.19. The Balaban J connectivity index is 1.85. The summed E-state index contributed by atoms with van der Waals surface area (Å²) < 4.78 is 0. The standard InChI is InChI=1S/C27H23N/c1-27(2,3)22-14-12-21(13-15-22)24-17-16-23(25-6-4-5-7-26(24)25)20-10-8-19(18-28)9-11-20/h4-17H,1-3H3. The summed E-state index contributed by atoms with van der Waals surface area (Å²) in [6.07, 6.45) is 0. The van der Waals surface area contributed by atoms with E-state index >= 15 is 0 Å². The van der Waals surface area contributed by atoms with Crippen LogP contribution < -0.4 is 0 Å². The third-order valence-corrected chi connectivity index (χ3v) is 5.31. The van der Waals surface area contributed by atoms with Gasteiger partial charge in [0.25, 0.3) is 0 Å². The van der Waals surface area contributed by atoms with E-state index in [1.165, 1.54) is 33.0 Å². The molecule has 0 radical (unpaired) electrons. The molecule has 0 fully saturated rings. The molecule has 1 nitrogen and oxygen atoms in total. The van der Waals surface area contributed by atoms with E-state index in [-0.39, 0.29) is 5.41 Å². The Morgan fingerprint density at radius 2 is 1.07 bits per heavy atom. The summed E-state index contributed by atoms with van der Waals surface area (Å²) in [5, 5.41) is 11.5. The highest BCUT2D eigenvalue weighted by molar-refractivity contribution is 6.04. The summed E-state index contributed by atoms with van der Waals surface area (Å²) in [5.74, 6) is 0. The molecule has 0 unspecified atom stereocenters. The van der Waals surface area contributed by atoms with Crippen molar-refractivity contribution in [3.05, 3.63) is 96.1 Å². The van der Waals surface area contributed by atoms with Gasteiger partial charge in [-0.05, 0) is 56.1 Å². The molecule has 0 atom stereocenters. The monoisotopic (exact) mass is 361 g/mol. The predicted octanol–water partition coefficient (Wildman–Crippen LogP) is 7.34. The summed E-state index contributed by atoms with van der Waals surface area (Å²) in [7, 11) is 0. The molecule has 0 spiro atoms. The molecule has 0 saturated carbocycles. The van der Waals surface area contributed by atoms with Crippen LogP contribution in [0.25, 0.3) is 33.0 Å². The average Bonchev–Trinajstić information content (AvgIpc) is 2.72. The van der Waals surface area contributed by atoms with Crippen molar-refractivity contribution in [3.63, 3.8) is 0 Å². The maximum Gasteiger partial charge on any atom is 0.0991 e. The Bertz CT molecular complexity index is 1170. The minimum Gasteiger partial charge on any atom is -0.192 e. The molecule has 4 aromatic carbocycles. The molecule has 0 heterocycles. The van der Waals surface area contributed by atoms with E-state index in [9.17, 15) is 0 Å². The molecule has 0 aromatic heterocycles. The van der Waals surface area contributed by atoms with E-state index in [1.807, 2.05) is 24.3 Å². The summed E-state index contributed by atoms with van der Waals surface area (Å²) in [6, 6.07) is 31.9. The molecular weight excluding hydrogens is 338 g/mol. The van der Waals surface area contributed by atoms with Crippen LogP contribution >= 0.6 is 0 Å². The molecule has 0 saturated heterocycles. The Morgan fingerprint density at radius 3 is 1.50 bits per heavy atom. The normalized spacial score (nSPS) is 11.4. The first kappa shape index (κ1) is 18.0. The van der Waals surface area contributed by atoms with Gasteiger partial charge in [0, 0.05) is 0 Å². The zero-order valence-electron chi connectivity index (χ0n) is 16.5. The number of fused-ring (bicyclic) bond motifs is 1. The van der Waals surface area contributed by atoms with Gasteiger partial charge in [0.05, 0.1) is 11.6 Å². The molecule has 0 aliphatic carbocycles. The minimum absolute atomic E-state index is 0.153. The molecular formula is C27H23N. The first-order valence-corrected chi connectivity index (χ1v) is 9.60. The second-order valence-electron chi connectivity index (χ2n) is 8.22. The molecule has 28 heavy (non-hydrogen) atoms. The van der Waals surface area contributed by atoms with Gasteiger partial charge < -0.3 is 0 Å². The predicted molar refractivity (Wildman–Crippen MR) is 118 cm³/mol. The van der Waals surface area contributed by atoms with Crippen molar-refractivity contribution in [2.24, 2.45) is 0 Å². The van der Waals surface area contributed by atoms with Crippen molar-refractivity contribution >= 4 is 10.8 Å². The van der Waals surface area contributed by atoms with Crippen molar-refractivity contribution in [2.75, 3.05) is 0 Å². The highest BCUT2D eigenvalue weighted by Crippen LogP contribution is 2.36. The fourth-order valence-corrected chi connectivity index (χ4v) is 3.68. The van der Waals surface area contributed by atoms with Gasteiger partial charge in [-0.1, -0.05) is 93.6 Å². The molecule has 4 rings (SSSR count). The largest absolute Gasteiger partial charge is 0.192 e. The molecule has 136 valence electrons. The van der Waals surface area contributed by atoms with Crippen LogP contribution in [0, 0.1) is 11.3 Å². The summed E-state index contributed by atoms with van der Waals surface area (Å²) in [4.78, 5) is 0. The zero-order valence-corrected chi connectivity index (χ0v) is 16.5. The average molecular weight is 361 g/mol. The van der Waals surface area contributed by atoms with Crippen molar-refractivity contribution in [1.29, 1.82) is 5.26 Å². The second kappa shape index (κ2) is 6.98. The highest BCUT2D eigenvalue weighted by atomic mass is 14.2. The van der Waals surface area contributed by atoms with Crippen LogP contribution in [0.1, 0.15) is 31.9 Å². The third-order valence-electron chi connectivity index (χ3n) is 5.31. The van der Waals surface area contributed by atoms with Gasteiger partial charge in [-0.2, -0.15) is 5.26 Å². The van der Waals surface area contributed by atoms with Gasteiger partial charge in [0.2, 0.25) is 0 Å². The third kappa shape index (κ3) is 3.30. The zero-order chi connectivity index (χ0) is 19.7. The summed E-state index contributed by atoms with van der Waals surface area (Å²) in [5.41, 5.74) is 6.97. The van der Waals surface area contributed by atoms with E-state index in [4.69, 9.17) is 5.26 Å². The fourth-order valence-electron chi connectivity index (χ4n) is 3.68. The number of nitriles is 1. The highest BCUT2D eigenvalue weighted by Gasteiger charge is 2.14. The first-order chi connectivity index (χ1) is 13.5. The van der Waals surface area contributed by atoms with Crippen molar-refractivity contribution in [2.45, 2.75) is 26.2 Å². The Hall–Kier alpha value is -3.37. The topological polar surface area (TPSA) is 23.8 Å². The lowest BCUT2D eigenvalue weighted by molar-refractivity contribution is 0.590. The molecule has 1 heteroatoms. The van der Waals surface area contributed by atoms with E-state index < -0.39 is 0 Å². The van der Waals surface area contributed by atoms with Crippen molar-refractivity contribution < 1.29 is 0 Å². The molecule has 0 aliphatic rings. The van der Waals surface area contributed by atoms with Gasteiger partial charge in [-0.3, -0.25) is 0 Å². The molecule has 0 bridgehead atoms. The van der Waals surface area contributed by atoms with E-state index in [0.29, 0.717) is 5.56 Å². The summed E-state index contributed by atoms with van der Waals surface area (Å²) >= 11 is 0. The SMILES string of the molecule is CC(C)(C)c1ccc(-c2ccc(-c3ccc(C#N)cc3)c3ccccc23)cc1. The van der Waals surface area contributed by atoms with Gasteiger partial charge in [-0.25, -0.2) is 0 Å². The van der Waals surface area contributed by atoms with E-state index in [1.54, 1.807) is 0 Å². The fraction of sp³-hybridized carbons (Fsp3) is 0.148. The van der Waals surface area contributed by atoms with Crippen LogP contribution in [-0.4, -0.2) is 0 Å². The number of hydrogen-bond donors (Lipinski definition) is 0. The van der Waals surface area contributed by atoms with Crippen molar-refractivity contribution in [1.82, 2.24) is 0 Å². The Morgan fingerprint density at radius 1 is 0.607 bits per heavy atom. The number of benzene rings is 4. The maximum atomic E-state index is 9.05. The molecule has 0 amide bonds. The Labute approximate surface area is 166 Å². The van der Waals surface area contributed by atoms with E-state index in [2.05, 4.69) is 87.5 Å². The molecule has 0 N–H and O–H groups in total. The van der Waals surface area contributed by atoms with Crippen LogP contribution in [0.15, 0.2) is 84.9 Å². The molecule has 0 aliphatic heterocycles. The lowest BCUT2D eigenvalue weighted by Crippen LogP contribution is -2.10. The van der Waals surface area contributed by atoms with Gasteiger partial charge in [0.1, 0.15) is 0 Å². The van der Waals surface area contributed by atoms with Crippen LogP contribution in [0.4, 0.5) is 0 Å². The minimum atomic E-state index is 0.153. The van der Waals surface area contributed by atoms with Crippen LogP contribution in [0.3, 0.4) is 0 Å². The quantitative estimate of drug-likeness (QED) is 0.366. The number of rotatable bonds is 2. The second-order valence-corrected chi connectivity index (χ2v) is 8.22. The van der Waals surface area contributed by atoms with Gasteiger partial charge >= 0.3 is 0 Å². The van der Waals surface area contributed by atoms with Gasteiger partial charge in [-0.15, -0.1) is 0 Å². The molecule has 4 aromatic rings. The lowest BCUT2D eigenvalue weighted by atomic mass is 9.85. The first-order valence-electron chi connectivity index (χ1n) is 9.60. The number of nitrogens with zero attached hydrogens (tertiary/aromatic N) is 1. The number of hydrogen-bond acceptors (Lipinski definition) is 1. The Kier molecular flexibility index (Phi) is 4.49. The van der Waals surface area contributed by atoms with E-state index in [0.717, 1.165) is 5.56 Å². The smallest absolute Gasteiger partial charge is 0.0991 e. The van der Waals surface area contributed by atoms with Crippen LogP contribution in [0.5, 0.6) is 0 Å². The van der Waals surface area contributed by atoms with Crippen LogP contribution in [0.2, 0.25) is 0 Å². The van der Waals surface area contributed by atoms with Crippen molar-refractivity contribution in [3.8, 4) is 28.3 Å². The van der Waals surface area contributed by atoms with Gasteiger partial charge in [0.15, 0.2) is 0 Å². The maximum absolute atomic E-state index is 9.05. The summed E-state index contributed by atoms with van der Waals surface area (Å²) in [6.45, 7) is 6.72.